The molecule has 32 heavy (non-hydrogen) atoms. The maximum atomic E-state index is 13.0. The van der Waals surface area contributed by atoms with E-state index in [-0.39, 0.29) is 5.82 Å². The predicted molar refractivity (Wildman–Crippen MR) is 129 cm³/mol. The van der Waals surface area contributed by atoms with Crippen molar-refractivity contribution in [2.45, 2.75) is 0 Å². The fourth-order valence-electron chi connectivity index (χ4n) is 3.41. The molecule has 7 heteroatoms. The van der Waals surface area contributed by atoms with Crippen LogP contribution in [0, 0.1) is 0 Å². The average Bonchev–Trinajstić information content (AvgIpc) is 3.26. The topological polar surface area (TPSA) is 59.8 Å². The summed E-state index contributed by atoms with van der Waals surface area (Å²) < 4.78 is 1.62. The summed E-state index contributed by atoms with van der Waals surface area (Å²) in [5, 5.41) is 10.7. The third-order valence-electron chi connectivity index (χ3n) is 4.99. The van der Waals surface area contributed by atoms with E-state index in [1.54, 1.807) is 28.9 Å². The first-order chi connectivity index (χ1) is 15.6. The van der Waals surface area contributed by atoms with Crippen LogP contribution in [-0.2, 0) is 0 Å². The normalized spacial score (nSPS) is 10.9. The maximum Gasteiger partial charge on any atom is 0.295 e. The van der Waals surface area contributed by atoms with E-state index in [4.69, 9.17) is 23.2 Å². The molecule has 0 aliphatic carbocycles. The Labute approximate surface area is 194 Å². The molecule has 0 spiro atoms. The molecule has 5 rings (SSSR count). The van der Waals surface area contributed by atoms with Gasteiger partial charge in [0, 0.05) is 21.3 Å². The average molecular weight is 459 g/mol. The lowest BCUT2D eigenvalue weighted by Crippen LogP contribution is -2.14. The molecular weight excluding hydrogens is 443 g/mol. The van der Waals surface area contributed by atoms with E-state index in [0.29, 0.717) is 21.6 Å². The van der Waals surface area contributed by atoms with Crippen LogP contribution in [0.2, 0.25) is 10.0 Å². The highest BCUT2D eigenvalue weighted by atomic mass is 35.5. The summed E-state index contributed by atoms with van der Waals surface area (Å²) >= 11 is 12.1. The van der Waals surface area contributed by atoms with Crippen LogP contribution in [0.5, 0.6) is 0 Å². The zero-order chi connectivity index (χ0) is 22.1. The van der Waals surface area contributed by atoms with E-state index in [2.05, 4.69) is 15.4 Å². The van der Waals surface area contributed by atoms with Gasteiger partial charge in [-0.05, 0) is 71.4 Å². The van der Waals surface area contributed by atoms with E-state index in [9.17, 15) is 4.79 Å². The number of aromatic nitrogens is 3. The molecule has 5 nitrogen and oxygen atoms in total. The van der Waals surface area contributed by atoms with Crippen LogP contribution in [0.15, 0.2) is 91.0 Å². The van der Waals surface area contributed by atoms with Gasteiger partial charge in [0.2, 0.25) is 5.82 Å². The van der Waals surface area contributed by atoms with Crippen molar-refractivity contribution in [2.24, 2.45) is 0 Å². The quantitative estimate of drug-likeness (QED) is 0.328. The van der Waals surface area contributed by atoms with Gasteiger partial charge in [-0.2, -0.15) is 0 Å². The van der Waals surface area contributed by atoms with Crippen LogP contribution in [0.1, 0.15) is 10.6 Å². The highest BCUT2D eigenvalue weighted by Crippen LogP contribution is 2.25. The minimum absolute atomic E-state index is 0.0538. The van der Waals surface area contributed by atoms with Crippen LogP contribution in [0.25, 0.3) is 27.8 Å². The maximum absolute atomic E-state index is 13.0. The lowest BCUT2D eigenvalue weighted by atomic mass is 10.1. The van der Waals surface area contributed by atoms with Crippen molar-refractivity contribution in [3.63, 3.8) is 0 Å². The Morgan fingerprint density at radius 1 is 0.781 bits per heavy atom. The number of amides is 1. The van der Waals surface area contributed by atoms with Crippen LogP contribution in [0.4, 0.5) is 5.69 Å². The second-order valence-electron chi connectivity index (χ2n) is 7.17. The van der Waals surface area contributed by atoms with Crippen LogP contribution in [-0.4, -0.2) is 20.7 Å². The third kappa shape index (κ3) is 4.08. The Morgan fingerprint density at radius 2 is 1.44 bits per heavy atom. The molecule has 0 saturated heterocycles. The zero-order valence-electron chi connectivity index (χ0n) is 16.7. The Kier molecular flexibility index (Phi) is 5.35. The van der Waals surface area contributed by atoms with Gasteiger partial charge in [0.25, 0.3) is 5.91 Å². The molecule has 1 amide bonds. The Balaban J connectivity index is 1.52. The molecule has 0 aliphatic rings. The highest BCUT2D eigenvalue weighted by molar-refractivity contribution is 6.30. The smallest absolute Gasteiger partial charge is 0.295 e. The number of nitrogens with one attached hydrogen (secondary N) is 1. The van der Waals surface area contributed by atoms with Crippen LogP contribution >= 0.6 is 23.2 Å². The number of halogens is 2. The van der Waals surface area contributed by atoms with Gasteiger partial charge in [0.15, 0.2) is 5.82 Å². The summed E-state index contributed by atoms with van der Waals surface area (Å²) in [6.45, 7) is 0. The van der Waals surface area contributed by atoms with E-state index >= 15 is 0 Å². The number of fused-ring (bicyclic) bond motifs is 1. The van der Waals surface area contributed by atoms with Crippen molar-refractivity contribution in [1.29, 1.82) is 0 Å². The van der Waals surface area contributed by atoms with Gasteiger partial charge < -0.3 is 5.32 Å². The van der Waals surface area contributed by atoms with Crippen molar-refractivity contribution in [1.82, 2.24) is 14.8 Å². The van der Waals surface area contributed by atoms with Gasteiger partial charge >= 0.3 is 0 Å². The molecule has 0 unspecified atom stereocenters. The lowest BCUT2D eigenvalue weighted by Gasteiger charge is -2.06. The summed E-state index contributed by atoms with van der Waals surface area (Å²) in [4.78, 5) is 17.5. The standard InChI is InChI=1S/C25H16Cl2N4O/c26-19-8-5-17(6-9-19)24-29-23(30-31(24)22-13-10-20(27)11-14-22)25(32)28-21-12-7-16-3-1-2-4-18(16)15-21/h1-15H,(H,28,32). The minimum atomic E-state index is -0.400. The number of anilines is 1. The summed E-state index contributed by atoms with van der Waals surface area (Å²) in [6.07, 6.45) is 0. The molecule has 0 atom stereocenters. The second kappa shape index (κ2) is 8.46. The van der Waals surface area contributed by atoms with Crippen molar-refractivity contribution < 1.29 is 4.79 Å². The van der Waals surface area contributed by atoms with Crippen molar-refractivity contribution >= 4 is 45.6 Å². The summed E-state index contributed by atoms with van der Waals surface area (Å²) in [7, 11) is 0. The second-order valence-corrected chi connectivity index (χ2v) is 8.04. The number of carbonyl (C=O) groups is 1. The predicted octanol–water partition coefficient (Wildman–Crippen LogP) is 6.65. The first kappa shape index (κ1) is 20.2. The summed E-state index contributed by atoms with van der Waals surface area (Å²) in [5.74, 6) is 0.175. The Morgan fingerprint density at radius 3 is 2.16 bits per heavy atom. The van der Waals surface area contributed by atoms with Gasteiger partial charge in [0.1, 0.15) is 0 Å². The van der Waals surface area contributed by atoms with Crippen molar-refractivity contribution in [2.75, 3.05) is 5.32 Å². The molecule has 1 heterocycles. The zero-order valence-corrected chi connectivity index (χ0v) is 18.2. The minimum Gasteiger partial charge on any atom is -0.319 e. The third-order valence-corrected chi connectivity index (χ3v) is 5.50. The molecule has 4 aromatic carbocycles. The molecule has 0 radical (unpaired) electrons. The molecule has 156 valence electrons. The van der Waals surface area contributed by atoms with Crippen molar-refractivity contribution in [3.05, 3.63) is 107 Å². The monoisotopic (exact) mass is 458 g/mol. The van der Waals surface area contributed by atoms with Crippen molar-refractivity contribution in [3.8, 4) is 17.1 Å². The molecular formula is C25H16Cl2N4O. The molecule has 0 bridgehead atoms. The molecule has 0 saturated carbocycles. The number of hydrogen-bond acceptors (Lipinski definition) is 3. The van der Waals surface area contributed by atoms with E-state index in [0.717, 1.165) is 22.0 Å². The first-order valence-electron chi connectivity index (χ1n) is 9.86. The number of rotatable bonds is 4. The number of nitrogens with zero attached hydrogens (tertiary/aromatic N) is 3. The van der Waals surface area contributed by atoms with Gasteiger partial charge in [-0.15, -0.1) is 5.10 Å². The molecule has 1 N–H and O–H groups in total. The first-order valence-corrected chi connectivity index (χ1v) is 10.6. The molecule has 0 fully saturated rings. The highest BCUT2D eigenvalue weighted by Gasteiger charge is 2.19. The van der Waals surface area contributed by atoms with Crippen LogP contribution in [0.3, 0.4) is 0 Å². The van der Waals surface area contributed by atoms with Gasteiger partial charge in [-0.1, -0.05) is 53.5 Å². The fraction of sp³-hybridized carbons (Fsp3) is 0. The summed E-state index contributed by atoms with van der Waals surface area (Å²) in [6, 6.07) is 28.1. The largest absolute Gasteiger partial charge is 0.319 e. The molecule has 0 aliphatic heterocycles. The van der Waals surface area contributed by atoms with E-state index in [1.807, 2.05) is 66.7 Å². The summed E-state index contributed by atoms with van der Waals surface area (Å²) in [5.41, 5.74) is 2.18. The van der Waals surface area contributed by atoms with Crippen LogP contribution < -0.4 is 5.32 Å². The molecule has 5 aromatic rings. The molecule has 1 aromatic heterocycles. The van der Waals surface area contributed by atoms with Gasteiger partial charge in [0.05, 0.1) is 5.69 Å². The number of benzene rings is 4. The van der Waals surface area contributed by atoms with Gasteiger partial charge in [-0.3, -0.25) is 4.79 Å². The fourth-order valence-corrected chi connectivity index (χ4v) is 3.66. The number of hydrogen-bond donors (Lipinski definition) is 1. The SMILES string of the molecule is O=C(Nc1ccc2ccccc2c1)c1nc(-c2ccc(Cl)cc2)n(-c2ccc(Cl)cc2)n1. The van der Waals surface area contributed by atoms with E-state index < -0.39 is 5.91 Å². The number of carbonyl (C=O) groups excluding carboxylic acids is 1. The van der Waals surface area contributed by atoms with E-state index in [1.165, 1.54) is 0 Å². The Hall–Kier alpha value is -3.67. The Bertz CT molecular complexity index is 1360. The lowest BCUT2D eigenvalue weighted by molar-refractivity contribution is 0.101. The van der Waals surface area contributed by atoms with Gasteiger partial charge in [-0.25, -0.2) is 9.67 Å².